The summed E-state index contributed by atoms with van der Waals surface area (Å²) < 4.78 is 0. The van der Waals surface area contributed by atoms with Gasteiger partial charge in [0.15, 0.2) is 0 Å². The van der Waals surface area contributed by atoms with Crippen molar-refractivity contribution in [3.05, 3.63) is 0 Å². The molecule has 2 nitrogen and oxygen atoms in total. The highest BCUT2D eigenvalue weighted by Gasteiger charge is 2.35. The van der Waals surface area contributed by atoms with E-state index in [2.05, 4.69) is 0 Å². The van der Waals surface area contributed by atoms with Gasteiger partial charge < -0.3 is 9.80 Å². The lowest BCUT2D eigenvalue weighted by atomic mass is 10.0. The molecule has 0 aromatic heterocycles. The summed E-state index contributed by atoms with van der Waals surface area (Å²) >= 11 is 0. The predicted octanol–water partition coefficient (Wildman–Crippen LogP) is -0.345. The van der Waals surface area contributed by atoms with Crippen LogP contribution in [0, 0.1) is 0 Å². The summed E-state index contributed by atoms with van der Waals surface area (Å²) in [6.45, 7) is 5.92. The van der Waals surface area contributed by atoms with Crippen LogP contribution in [-0.4, -0.2) is 38.3 Å². The van der Waals surface area contributed by atoms with E-state index in [1.807, 2.05) is 9.80 Å². The summed E-state index contributed by atoms with van der Waals surface area (Å²) in [5.74, 6) is 0. The Morgan fingerprint density at radius 3 is 1.62 bits per heavy atom. The Balaban J connectivity index is 1.47. The molecule has 0 radical (unpaired) electrons. The van der Waals surface area contributed by atoms with Crippen molar-refractivity contribution in [3.8, 4) is 0 Å². The summed E-state index contributed by atoms with van der Waals surface area (Å²) in [5, 5.41) is 0. The van der Waals surface area contributed by atoms with Gasteiger partial charge in [0.25, 0.3) is 0 Å². The number of nitrogens with one attached hydrogen (secondary N) is 2. The Morgan fingerprint density at radius 2 is 1.00 bits per heavy atom. The lowest BCUT2D eigenvalue weighted by Crippen LogP contribution is -3.21. The van der Waals surface area contributed by atoms with Crippen molar-refractivity contribution in [2.24, 2.45) is 0 Å². The minimum atomic E-state index is 1.03. The molecule has 2 N–H and O–H groups in total. The van der Waals surface area contributed by atoms with Crippen molar-refractivity contribution in [1.29, 1.82) is 0 Å². The van der Waals surface area contributed by atoms with Gasteiger partial charge in [-0.2, -0.15) is 0 Å². The van der Waals surface area contributed by atoms with Crippen molar-refractivity contribution in [1.82, 2.24) is 0 Å². The predicted molar refractivity (Wildman–Crippen MR) is 65.9 cm³/mol. The molecule has 0 aromatic carbocycles. The molecule has 0 amide bonds. The van der Waals surface area contributed by atoms with Gasteiger partial charge in [-0.1, -0.05) is 0 Å². The van der Waals surface area contributed by atoms with Crippen LogP contribution < -0.4 is 9.80 Å². The average molecular weight is 224 g/mol. The third-order valence-electron chi connectivity index (χ3n) is 5.38. The quantitative estimate of drug-likeness (QED) is 0.635. The van der Waals surface area contributed by atoms with E-state index >= 15 is 0 Å². The van der Waals surface area contributed by atoms with Gasteiger partial charge in [-0.25, -0.2) is 0 Å². The highest BCUT2D eigenvalue weighted by atomic mass is 15.2. The molecule has 2 heteroatoms. The fraction of sp³-hybridized carbons (Fsp3) is 1.00. The van der Waals surface area contributed by atoms with Gasteiger partial charge in [0.05, 0.1) is 38.3 Å². The van der Waals surface area contributed by atoms with Crippen LogP contribution in [0.15, 0.2) is 0 Å². The Hall–Kier alpha value is -0.0800. The summed E-state index contributed by atoms with van der Waals surface area (Å²) in [6.07, 6.45) is 12.1. The van der Waals surface area contributed by atoms with Gasteiger partial charge in [-0.05, 0) is 25.7 Å². The van der Waals surface area contributed by atoms with Crippen LogP contribution in [0.2, 0.25) is 0 Å². The first kappa shape index (κ1) is 11.0. The van der Waals surface area contributed by atoms with Crippen molar-refractivity contribution >= 4 is 0 Å². The first-order chi connectivity index (χ1) is 7.93. The lowest BCUT2D eigenvalue weighted by molar-refractivity contribution is -0.963. The Kier molecular flexibility index (Phi) is 3.49. The summed E-state index contributed by atoms with van der Waals surface area (Å²) in [6, 6.07) is 2.09. The smallest absolute Gasteiger partial charge is 0.0983 e. The molecule has 0 bridgehead atoms. The van der Waals surface area contributed by atoms with Crippen LogP contribution >= 0.6 is 0 Å². The van der Waals surface area contributed by atoms with E-state index < -0.39 is 0 Å². The zero-order valence-electron chi connectivity index (χ0n) is 10.6. The standard InChI is InChI=1S/C14H26N2/c1-2-6-13(5-1)16-11-7-14(8-12-16)15-9-3-4-10-15/h13-14H,1-12H2/p+2. The second-order valence-corrected chi connectivity index (χ2v) is 6.28. The largest absolute Gasteiger partial charge is 0.332 e. The van der Waals surface area contributed by atoms with E-state index in [4.69, 9.17) is 0 Å². The zero-order valence-corrected chi connectivity index (χ0v) is 10.6. The number of hydrogen-bond donors (Lipinski definition) is 2. The van der Waals surface area contributed by atoms with Crippen LogP contribution in [-0.2, 0) is 0 Å². The molecule has 2 aliphatic heterocycles. The average Bonchev–Trinajstić information content (AvgIpc) is 3.03. The van der Waals surface area contributed by atoms with E-state index in [1.165, 1.54) is 77.5 Å². The van der Waals surface area contributed by atoms with Gasteiger partial charge in [0.1, 0.15) is 0 Å². The molecule has 1 saturated carbocycles. The molecule has 0 unspecified atom stereocenters. The molecule has 0 atom stereocenters. The summed E-state index contributed by atoms with van der Waals surface area (Å²) in [5.41, 5.74) is 0. The molecule has 1 aliphatic carbocycles. The minimum Gasteiger partial charge on any atom is -0.332 e. The van der Waals surface area contributed by atoms with Gasteiger partial charge >= 0.3 is 0 Å². The SMILES string of the molecule is C1CCC([NH+]2CCC([NH+]3CCCC3)CC2)C1. The van der Waals surface area contributed by atoms with E-state index in [-0.39, 0.29) is 0 Å². The fourth-order valence-corrected chi connectivity index (χ4v) is 4.38. The number of rotatable bonds is 2. The normalized spacial score (nSPS) is 38.2. The Bertz CT molecular complexity index is 185. The maximum absolute atomic E-state index is 1.97. The first-order valence-electron chi connectivity index (χ1n) is 7.62. The third-order valence-corrected chi connectivity index (χ3v) is 5.38. The van der Waals surface area contributed by atoms with Gasteiger partial charge in [-0.3, -0.25) is 0 Å². The molecule has 3 aliphatic rings. The minimum absolute atomic E-state index is 1.03. The maximum atomic E-state index is 1.97. The van der Waals surface area contributed by atoms with Gasteiger partial charge in [-0.15, -0.1) is 0 Å². The van der Waals surface area contributed by atoms with Crippen LogP contribution in [0.5, 0.6) is 0 Å². The van der Waals surface area contributed by atoms with Crippen LogP contribution in [0.1, 0.15) is 51.4 Å². The highest BCUT2D eigenvalue weighted by molar-refractivity contribution is 4.69. The van der Waals surface area contributed by atoms with Crippen molar-refractivity contribution in [3.63, 3.8) is 0 Å². The van der Waals surface area contributed by atoms with Crippen LogP contribution in [0.3, 0.4) is 0 Å². The van der Waals surface area contributed by atoms with Crippen molar-refractivity contribution in [2.75, 3.05) is 26.2 Å². The molecule has 3 rings (SSSR count). The van der Waals surface area contributed by atoms with Crippen molar-refractivity contribution in [2.45, 2.75) is 63.5 Å². The summed E-state index contributed by atoms with van der Waals surface area (Å²) in [7, 11) is 0. The van der Waals surface area contributed by atoms with E-state index in [1.54, 1.807) is 0 Å². The molecule has 0 aromatic rings. The van der Waals surface area contributed by atoms with Gasteiger partial charge in [0, 0.05) is 25.7 Å². The Morgan fingerprint density at radius 1 is 0.500 bits per heavy atom. The molecule has 16 heavy (non-hydrogen) atoms. The molecular weight excluding hydrogens is 196 g/mol. The van der Waals surface area contributed by atoms with E-state index in [9.17, 15) is 0 Å². The number of likely N-dealkylation sites (tertiary alicyclic amines) is 2. The van der Waals surface area contributed by atoms with E-state index in [0.29, 0.717) is 0 Å². The molecule has 2 saturated heterocycles. The number of quaternary nitrogens is 2. The second kappa shape index (κ2) is 5.05. The maximum Gasteiger partial charge on any atom is 0.0983 e. The molecule has 3 fully saturated rings. The lowest BCUT2D eigenvalue weighted by Gasteiger charge is -2.35. The first-order valence-corrected chi connectivity index (χ1v) is 7.62. The van der Waals surface area contributed by atoms with Gasteiger partial charge in [0.2, 0.25) is 0 Å². The van der Waals surface area contributed by atoms with Crippen LogP contribution in [0.4, 0.5) is 0 Å². The third kappa shape index (κ3) is 2.28. The Labute approximate surface area is 100.0 Å². The summed E-state index contributed by atoms with van der Waals surface area (Å²) in [4.78, 5) is 3.91. The molecule has 92 valence electrons. The monoisotopic (exact) mass is 224 g/mol. The molecule has 2 heterocycles. The van der Waals surface area contributed by atoms with E-state index in [0.717, 1.165) is 12.1 Å². The van der Waals surface area contributed by atoms with Crippen molar-refractivity contribution < 1.29 is 9.80 Å². The highest BCUT2D eigenvalue weighted by Crippen LogP contribution is 2.16. The zero-order chi connectivity index (χ0) is 10.8. The molecular formula is C14H28N2+2. The number of piperidine rings is 1. The number of hydrogen-bond acceptors (Lipinski definition) is 0. The van der Waals surface area contributed by atoms with Crippen LogP contribution in [0.25, 0.3) is 0 Å². The fourth-order valence-electron chi connectivity index (χ4n) is 4.38. The topological polar surface area (TPSA) is 8.88 Å². The second-order valence-electron chi connectivity index (χ2n) is 6.28. The molecule has 0 spiro atoms.